The van der Waals surface area contributed by atoms with Crippen molar-refractivity contribution < 1.29 is 8.78 Å². The van der Waals surface area contributed by atoms with Gasteiger partial charge in [-0.3, -0.25) is 0 Å². The van der Waals surface area contributed by atoms with E-state index in [2.05, 4.69) is 31.6 Å². The number of hydrogen-bond donors (Lipinski definition) is 1. The fourth-order valence-corrected chi connectivity index (χ4v) is 2.56. The first-order valence-corrected chi connectivity index (χ1v) is 6.43. The number of nitrogens with zero attached hydrogens (tertiary/aromatic N) is 3. The molecule has 2 aromatic rings. The Hall–Kier alpha value is -1.34. The zero-order valence-corrected chi connectivity index (χ0v) is 12.3. The van der Waals surface area contributed by atoms with Crippen LogP contribution in [-0.4, -0.2) is 22.0 Å². The lowest BCUT2D eigenvalue weighted by Crippen LogP contribution is -2.23. The van der Waals surface area contributed by atoms with Gasteiger partial charge >= 0.3 is 0 Å². The van der Waals surface area contributed by atoms with E-state index in [9.17, 15) is 8.78 Å². The molecule has 1 N–H and O–H groups in total. The largest absolute Gasteiger partial charge is 0.308 e. The van der Waals surface area contributed by atoms with E-state index >= 15 is 0 Å². The van der Waals surface area contributed by atoms with Crippen LogP contribution in [0.2, 0.25) is 0 Å². The third kappa shape index (κ3) is 2.40. The molecule has 0 bridgehead atoms. The molecule has 0 aliphatic rings. The summed E-state index contributed by atoms with van der Waals surface area (Å²) in [5, 5.41) is 10.6. The molecule has 2 rings (SSSR count). The maximum absolute atomic E-state index is 14.2. The van der Waals surface area contributed by atoms with Gasteiger partial charge in [-0.05, 0) is 41.5 Å². The summed E-state index contributed by atoms with van der Waals surface area (Å²) < 4.78 is 30.1. The van der Waals surface area contributed by atoms with Crippen LogP contribution in [0.3, 0.4) is 0 Å². The maximum atomic E-state index is 14.2. The van der Waals surface area contributed by atoms with Gasteiger partial charge in [-0.25, -0.2) is 13.5 Å². The van der Waals surface area contributed by atoms with Gasteiger partial charge in [0, 0.05) is 12.6 Å². The standard InChI is InChI=1S/C12H13BrF2N4/c1-6-4-5-7(14)8(9(6)15)10(16-2)11-12(13)17-18-19(11)3/h4-5,10,16H,1-3H3. The molecule has 0 spiro atoms. The Morgan fingerprint density at radius 1 is 1.37 bits per heavy atom. The first kappa shape index (κ1) is 14.1. The number of aryl methyl sites for hydroxylation is 2. The van der Waals surface area contributed by atoms with Crippen LogP contribution in [-0.2, 0) is 7.05 Å². The quantitative estimate of drug-likeness (QED) is 0.940. The topological polar surface area (TPSA) is 42.7 Å². The van der Waals surface area contributed by atoms with Gasteiger partial charge in [-0.15, -0.1) is 5.10 Å². The van der Waals surface area contributed by atoms with Gasteiger partial charge in [0.1, 0.15) is 11.6 Å². The van der Waals surface area contributed by atoms with Crippen molar-refractivity contribution in [3.63, 3.8) is 0 Å². The number of benzene rings is 1. The number of hydrogen-bond acceptors (Lipinski definition) is 3. The Bertz CT molecular complexity index is 593. The predicted molar refractivity (Wildman–Crippen MR) is 70.7 cm³/mol. The molecule has 0 aliphatic heterocycles. The van der Waals surface area contributed by atoms with Crippen LogP contribution in [0.25, 0.3) is 0 Å². The zero-order valence-electron chi connectivity index (χ0n) is 10.7. The normalized spacial score (nSPS) is 12.7. The third-order valence-electron chi connectivity index (χ3n) is 3.00. The van der Waals surface area contributed by atoms with E-state index in [0.29, 0.717) is 15.9 Å². The molecule has 0 fully saturated rings. The molecular weight excluding hydrogens is 318 g/mol. The Morgan fingerprint density at radius 2 is 2.05 bits per heavy atom. The summed E-state index contributed by atoms with van der Waals surface area (Å²) in [7, 11) is 3.30. The molecule has 0 saturated heterocycles. The molecule has 0 amide bonds. The second kappa shape index (κ2) is 5.34. The number of halogens is 3. The van der Waals surface area contributed by atoms with Crippen LogP contribution in [0.1, 0.15) is 22.9 Å². The van der Waals surface area contributed by atoms with Gasteiger partial charge in [-0.2, -0.15) is 0 Å². The van der Waals surface area contributed by atoms with Gasteiger partial charge < -0.3 is 5.32 Å². The molecule has 1 aromatic heterocycles. The molecule has 102 valence electrons. The molecule has 0 saturated carbocycles. The highest BCUT2D eigenvalue weighted by molar-refractivity contribution is 9.10. The van der Waals surface area contributed by atoms with Crippen molar-refractivity contribution in [1.29, 1.82) is 0 Å². The molecule has 1 atom stereocenters. The highest BCUT2D eigenvalue weighted by Gasteiger charge is 2.27. The van der Waals surface area contributed by atoms with Gasteiger partial charge in [0.15, 0.2) is 4.60 Å². The Labute approximate surface area is 117 Å². The van der Waals surface area contributed by atoms with Gasteiger partial charge in [0.05, 0.1) is 11.7 Å². The van der Waals surface area contributed by atoms with Crippen molar-refractivity contribution in [2.24, 2.45) is 7.05 Å². The van der Waals surface area contributed by atoms with Gasteiger partial charge in [0.25, 0.3) is 0 Å². The first-order chi connectivity index (χ1) is 8.97. The number of aromatic nitrogens is 3. The summed E-state index contributed by atoms with van der Waals surface area (Å²) in [6.45, 7) is 1.60. The van der Waals surface area contributed by atoms with Crippen molar-refractivity contribution in [3.05, 3.63) is 45.2 Å². The highest BCUT2D eigenvalue weighted by Crippen LogP contribution is 2.31. The molecule has 1 aromatic carbocycles. The highest BCUT2D eigenvalue weighted by atomic mass is 79.9. The molecule has 1 heterocycles. The van der Waals surface area contributed by atoms with Crippen molar-refractivity contribution in [3.8, 4) is 0 Å². The summed E-state index contributed by atoms with van der Waals surface area (Å²) in [6, 6.07) is 2.00. The summed E-state index contributed by atoms with van der Waals surface area (Å²) in [5.74, 6) is -1.16. The van der Waals surface area contributed by atoms with Crippen LogP contribution in [0.15, 0.2) is 16.7 Å². The molecule has 7 heteroatoms. The SMILES string of the molecule is CNC(c1c(F)ccc(C)c1F)c1c(Br)nnn1C. The van der Waals surface area contributed by atoms with E-state index in [-0.39, 0.29) is 5.56 Å². The molecule has 4 nitrogen and oxygen atoms in total. The minimum atomic E-state index is -0.672. The summed E-state index contributed by atoms with van der Waals surface area (Å²) in [6.07, 6.45) is 0. The van der Waals surface area contributed by atoms with Crippen LogP contribution in [0, 0.1) is 18.6 Å². The Balaban J connectivity index is 2.64. The fraction of sp³-hybridized carbons (Fsp3) is 0.333. The number of nitrogens with one attached hydrogen (secondary N) is 1. The maximum Gasteiger partial charge on any atom is 0.153 e. The van der Waals surface area contributed by atoms with Crippen LogP contribution in [0.4, 0.5) is 8.78 Å². The molecule has 1 unspecified atom stereocenters. The molecule has 0 radical (unpaired) electrons. The first-order valence-electron chi connectivity index (χ1n) is 5.64. The second-order valence-electron chi connectivity index (χ2n) is 4.20. The van der Waals surface area contributed by atoms with Crippen molar-refractivity contribution >= 4 is 15.9 Å². The summed E-state index contributed by atoms with van der Waals surface area (Å²) >= 11 is 3.24. The lowest BCUT2D eigenvalue weighted by molar-refractivity contribution is 0.501. The Kier molecular flexibility index (Phi) is 3.96. The smallest absolute Gasteiger partial charge is 0.153 e. The zero-order chi connectivity index (χ0) is 14.2. The lowest BCUT2D eigenvalue weighted by Gasteiger charge is -2.19. The van der Waals surface area contributed by atoms with E-state index in [1.807, 2.05) is 0 Å². The van der Waals surface area contributed by atoms with E-state index in [0.717, 1.165) is 0 Å². The molecular formula is C12H13BrF2N4. The average molecular weight is 331 g/mol. The molecule has 19 heavy (non-hydrogen) atoms. The van der Waals surface area contributed by atoms with Crippen LogP contribution >= 0.6 is 15.9 Å². The minimum absolute atomic E-state index is 0.0337. The van der Waals surface area contributed by atoms with Crippen molar-refractivity contribution in [2.75, 3.05) is 7.05 Å². The molecule has 0 aliphatic carbocycles. The summed E-state index contributed by atoms with van der Waals surface area (Å²) in [4.78, 5) is 0. The van der Waals surface area contributed by atoms with Gasteiger partial charge in [0.2, 0.25) is 0 Å². The van der Waals surface area contributed by atoms with Crippen LogP contribution in [0.5, 0.6) is 0 Å². The van der Waals surface area contributed by atoms with Gasteiger partial charge in [-0.1, -0.05) is 11.3 Å². The fourth-order valence-electron chi connectivity index (χ4n) is 2.01. The lowest BCUT2D eigenvalue weighted by atomic mass is 10.0. The average Bonchev–Trinajstić information content (AvgIpc) is 2.70. The van der Waals surface area contributed by atoms with E-state index in [4.69, 9.17) is 0 Å². The monoisotopic (exact) mass is 330 g/mol. The third-order valence-corrected chi connectivity index (χ3v) is 3.56. The van der Waals surface area contributed by atoms with Crippen molar-refractivity contribution in [2.45, 2.75) is 13.0 Å². The van der Waals surface area contributed by atoms with Crippen molar-refractivity contribution in [1.82, 2.24) is 20.3 Å². The Morgan fingerprint density at radius 3 is 2.58 bits per heavy atom. The summed E-state index contributed by atoms with van der Waals surface area (Å²) in [5.41, 5.74) is 0.919. The van der Waals surface area contributed by atoms with E-state index < -0.39 is 17.7 Å². The second-order valence-corrected chi connectivity index (χ2v) is 4.95. The van der Waals surface area contributed by atoms with E-state index in [1.54, 1.807) is 21.0 Å². The predicted octanol–water partition coefficient (Wildman–Crippen LogP) is 2.47. The number of rotatable bonds is 3. The van der Waals surface area contributed by atoms with Crippen LogP contribution < -0.4 is 5.32 Å². The minimum Gasteiger partial charge on any atom is -0.308 e. The van der Waals surface area contributed by atoms with E-state index in [1.165, 1.54) is 16.8 Å².